The summed E-state index contributed by atoms with van der Waals surface area (Å²) in [6.45, 7) is 7.63. The number of ether oxygens (including phenoxy) is 1. The number of hydrogen-bond acceptors (Lipinski definition) is 5. The molecule has 5 nitrogen and oxygen atoms in total. The lowest BCUT2D eigenvalue weighted by molar-refractivity contribution is -0.122. The first-order valence-electron chi connectivity index (χ1n) is 14.6. The van der Waals surface area contributed by atoms with E-state index in [2.05, 4.69) is 45.0 Å². The molecule has 1 atom stereocenters. The van der Waals surface area contributed by atoms with E-state index in [0.29, 0.717) is 28.3 Å². The average Bonchev–Trinajstić information content (AvgIpc) is 3.55. The SMILES string of the molecule is CCCCC(CC)CN1C(=O)C(=Cc2cn(-c3ccccc3)nc2-c2cccc(OCc3ccc(C)cc3)c2)SC1=S. The third-order valence-electron chi connectivity index (χ3n) is 7.54. The van der Waals surface area contributed by atoms with Gasteiger partial charge in [0.2, 0.25) is 0 Å². The highest BCUT2D eigenvalue weighted by Crippen LogP contribution is 2.36. The number of amides is 1. The van der Waals surface area contributed by atoms with E-state index in [1.54, 1.807) is 4.90 Å². The van der Waals surface area contributed by atoms with Gasteiger partial charge in [0.05, 0.1) is 10.6 Å². The number of rotatable bonds is 12. The van der Waals surface area contributed by atoms with E-state index in [1.165, 1.54) is 23.7 Å². The van der Waals surface area contributed by atoms with Crippen molar-refractivity contribution in [1.29, 1.82) is 0 Å². The fourth-order valence-electron chi connectivity index (χ4n) is 4.99. The van der Waals surface area contributed by atoms with Crippen LogP contribution in [0, 0.1) is 12.8 Å². The molecule has 3 aromatic carbocycles. The van der Waals surface area contributed by atoms with Gasteiger partial charge in [-0.3, -0.25) is 9.69 Å². The zero-order valence-corrected chi connectivity index (χ0v) is 26.1. The Morgan fingerprint density at radius 3 is 2.55 bits per heavy atom. The minimum absolute atomic E-state index is 0.0199. The number of thioether (sulfide) groups is 1. The summed E-state index contributed by atoms with van der Waals surface area (Å²) in [6.07, 6.45) is 8.38. The lowest BCUT2D eigenvalue weighted by Gasteiger charge is -2.21. The predicted octanol–water partition coefficient (Wildman–Crippen LogP) is 8.84. The molecule has 1 aliphatic rings. The summed E-state index contributed by atoms with van der Waals surface area (Å²) < 4.78 is 8.64. The molecule has 216 valence electrons. The highest BCUT2D eigenvalue weighted by atomic mass is 32.2. The third-order valence-corrected chi connectivity index (χ3v) is 8.92. The van der Waals surface area contributed by atoms with E-state index in [9.17, 15) is 4.79 Å². The van der Waals surface area contributed by atoms with Crippen molar-refractivity contribution >= 4 is 40.3 Å². The molecule has 4 aromatic rings. The van der Waals surface area contributed by atoms with Gasteiger partial charge >= 0.3 is 0 Å². The van der Waals surface area contributed by atoms with Crippen molar-refractivity contribution in [2.45, 2.75) is 53.1 Å². The maximum absolute atomic E-state index is 13.6. The summed E-state index contributed by atoms with van der Waals surface area (Å²) >= 11 is 7.06. The van der Waals surface area contributed by atoms with Gasteiger partial charge in [0, 0.05) is 23.9 Å². The van der Waals surface area contributed by atoms with E-state index in [4.69, 9.17) is 22.1 Å². The molecule has 1 aliphatic heterocycles. The van der Waals surface area contributed by atoms with Gasteiger partial charge in [0.1, 0.15) is 22.4 Å². The van der Waals surface area contributed by atoms with Crippen LogP contribution in [0.3, 0.4) is 0 Å². The van der Waals surface area contributed by atoms with Crippen molar-refractivity contribution < 1.29 is 9.53 Å². The minimum Gasteiger partial charge on any atom is -0.489 e. The predicted molar refractivity (Wildman–Crippen MR) is 178 cm³/mol. The first-order valence-corrected chi connectivity index (χ1v) is 15.9. The lowest BCUT2D eigenvalue weighted by Crippen LogP contribution is -2.33. The van der Waals surface area contributed by atoms with Gasteiger partial charge in [0.25, 0.3) is 5.91 Å². The first-order chi connectivity index (χ1) is 20.4. The molecule has 1 fully saturated rings. The molecule has 0 bridgehead atoms. The molecule has 2 heterocycles. The number of aryl methyl sites for hydroxylation is 1. The molecule has 0 saturated carbocycles. The van der Waals surface area contributed by atoms with E-state index in [-0.39, 0.29) is 5.91 Å². The maximum atomic E-state index is 13.6. The van der Waals surface area contributed by atoms with Gasteiger partial charge < -0.3 is 4.74 Å². The summed E-state index contributed by atoms with van der Waals surface area (Å²) in [6, 6.07) is 26.3. The lowest BCUT2D eigenvalue weighted by atomic mass is 9.99. The van der Waals surface area contributed by atoms with Crippen molar-refractivity contribution in [1.82, 2.24) is 14.7 Å². The Balaban J connectivity index is 1.44. The minimum atomic E-state index is -0.0199. The molecule has 5 rings (SSSR count). The molecule has 7 heteroatoms. The standard InChI is InChI=1S/C35H37N3O2S2/c1-4-6-11-26(5-2)22-37-34(39)32(42-35(37)41)21-29-23-38(30-13-8-7-9-14-30)36-33(29)28-12-10-15-31(20-28)40-24-27-18-16-25(3)17-19-27/h7-10,12-21,23,26H,4-6,11,22,24H2,1-3H3. The summed E-state index contributed by atoms with van der Waals surface area (Å²) in [5.41, 5.74) is 5.83. The van der Waals surface area contributed by atoms with Crippen LogP contribution in [-0.4, -0.2) is 31.5 Å². The van der Waals surface area contributed by atoms with Crippen LogP contribution in [0.2, 0.25) is 0 Å². The van der Waals surface area contributed by atoms with Crippen molar-refractivity contribution in [2.24, 2.45) is 5.92 Å². The van der Waals surface area contributed by atoms with Gasteiger partial charge in [-0.2, -0.15) is 5.10 Å². The van der Waals surface area contributed by atoms with E-state index >= 15 is 0 Å². The average molecular weight is 596 g/mol. The highest BCUT2D eigenvalue weighted by molar-refractivity contribution is 8.26. The number of thiocarbonyl (C=S) groups is 1. The molecule has 1 aromatic heterocycles. The van der Waals surface area contributed by atoms with Crippen LogP contribution in [0.1, 0.15) is 56.2 Å². The normalized spacial score (nSPS) is 15.0. The summed E-state index contributed by atoms with van der Waals surface area (Å²) in [4.78, 5) is 16.0. The molecule has 0 radical (unpaired) electrons. The second-order valence-electron chi connectivity index (χ2n) is 10.7. The number of unbranched alkanes of at least 4 members (excludes halogenated alkanes) is 1. The van der Waals surface area contributed by atoms with Crippen molar-refractivity contribution in [3.05, 3.63) is 107 Å². The highest BCUT2D eigenvalue weighted by Gasteiger charge is 2.33. The number of aromatic nitrogens is 2. The molecule has 1 amide bonds. The van der Waals surface area contributed by atoms with Crippen LogP contribution < -0.4 is 4.74 Å². The van der Waals surface area contributed by atoms with Gasteiger partial charge in [-0.25, -0.2) is 4.68 Å². The first kappa shape index (κ1) is 29.8. The van der Waals surface area contributed by atoms with Crippen molar-refractivity contribution in [3.8, 4) is 22.7 Å². The smallest absolute Gasteiger partial charge is 0.266 e. The van der Waals surface area contributed by atoms with Gasteiger partial charge in [-0.1, -0.05) is 117 Å². The fraction of sp³-hybridized carbons (Fsp3) is 0.286. The number of carbonyl (C=O) groups excluding carboxylic acids is 1. The van der Waals surface area contributed by atoms with E-state index < -0.39 is 0 Å². The fourth-order valence-corrected chi connectivity index (χ4v) is 6.25. The number of benzene rings is 3. The van der Waals surface area contributed by atoms with E-state index in [0.717, 1.165) is 53.1 Å². The Hall–Kier alpha value is -3.68. The molecule has 0 spiro atoms. The molecular formula is C35H37N3O2S2. The summed E-state index contributed by atoms with van der Waals surface area (Å²) in [7, 11) is 0. The van der Waals surface area contributed by atoms with Crippen LogP contribution >= 0.6 is 24.0 Å². The second kappa shape index (κ2) is 14.0. The zero-order valence-electron chi connectivity index (χ0n) is 24.5. The molecule has 42 heavy (non-hydrogen) atoms. The van der Waals surface area contributed by atoms with Crippen LogP contribution in [0.5, 0.6) is 5.75 Å². The monoisotopic (exact) mass is 595 g/mol. The number of hydrogen-bond donors (Lipinski definition) is 0. The number of carbonyl (C=O) groups is 1. The topological polar surface area (TPSA) is 47.4 Å². The molecular weight excluding hydrogens is 559 g/mol. The Bertz CT molecular complexity index is 1560. The van der Waals surface area contributed by atoms with Gasteiger partial charge in [-0.05, 0) is 55.2 Å². The summed E-state index contributed by atoms with van der Waals surface area (Å²) in [5.74, 6) is 1.19. The Kier molecular flexibility index (Phi) is 9.93. The van der Waals surface area contributed by atoms with Crippen LogP contribution in [-0.2, 0) is 11.4 Å². The maximum Gasteiger partial charge on any atom is 0.266 e. The Labute approximate surface area is 258 Å². The molecule has 0 N–H and O–H groups in total. The zero-order chi connectivity index (χ0) is 29.5. The molecule has 1 saturated heterocycles. The Morgan fingerprint density at radius 2 is 1.81 bits per heavy atom. The molecule has 0 aliphatic carbocycles. The van der Waals surface area contributed by atoms with Gasteiger partial charge in [0.15, 0.2) is 0 Å². The van der Waals surface area contributed by atoms with E-state index in [1.807, 2.05) is 71.6 Å². The third kappa shape index (κ3) is 7.20. The van der Waals surface area contributed by atoms with Crippen molar-refractivity contribution in [3.63, 3.8) is 0 Å². The van der Waals surface area contributed by atoms with Gasteiger partial charge in [-0.15, -0.1) is 0 Å². The summed E-state index contributed by atoms with van der Waals surface area (Å²) in [5, 5.41) is 4.97. The number of nitrogens with zero attached hydrogens (tertiary/aromatic N) is 3. The quantitative estimate of drug-likeness (QED) is 0.121. The largest absolute Gasteiger partial charge is 0.489 e. The van der Waals surface area contributed by atoms with Crippen LogP contribution in [0.25, 0.3) is 23.0 Å². The van der Waals surface area contributed by atoms with Crippen molar-refractivity contribution in [2.75, 3.05) is 6.54 Å². The Morgan fingerprint density at radius 1 is 1.02 bits per heavy atom. The number of para-hydroxylation sites is 1. The molecule has 1 unspecified atom stereocenters. The van der Waals surface area contributed by atoms with Crippen LogP contribution in [0.4, 0.5) is 0 Å². The van der Waals surface area contributed by atoms with Crippen LogP contribution in [0.15, 0.2) is 90.0 Å². The second-order valence-corrected chi connectivity index (χ2v) is 12.4.